The molecule has 0 amide bonds. The molecule has 7 aromatic rings. The Hall–Kier alpha value is -6.15. The van der Waals surface area contributed by atoms with Gasteiger partial charge in [0.15, 0.2) is 0 Å². The molecule has 0 spiro atoms. The van der Waals surface area contributed by atoms with Gasteiger partial charge >= 0.3 is 20.1 Å². The minimum absolute atomic E-state index is 0. The van der Waals surface area contributed by atoms with Crippen molar-refractivity contribution in [3.63, 3.8) is 0 Å². The third-order valence-electron chi connectivity index (χ3n) is 10.8. The Kier molecular flexibility index (Phi) is 14.5. The molecule has 0 atom stereocenters. The molecular weight excluding hydrogens is 911 g/mol. The zero-order valence-corrected chi connectivity index (χ0v) is 35.6. The van der Waals surface area contributed by atoms with Gasteiger partial charge < -0.3 is 0 Å². The van der Waals surface area contributed by atoms with E-state index in [9.17, 15) is 10.5 Å². The smallest absolute Gasteiger partial charge is 0.267 e. The molecule has 11 heteroatoms. The minimum Gasteiger partial charge on any atom is -0.267 e. The van der Waals surface area contributed by atoms with Crippen LogP contribution in [0.2, 0.25) is 18.1 Å². The first kappa shape index (κ1) is 41.5. The fourth-order valence-electron chi connectivity index (χ4n) is 7.85. The van der Waals surface area contributed by atoms with Crippen molar-refractivity contribution in [3.8, 4) is 29.2 Å². The molecule has 0 radical (unpaired) electrons. The van der Waals surface area contributed by atoms with Crippen molar-refractivity contribution in [1.29, 1.82) is 10.5 Å². The van der Waals surface area contributed by atoms with E-state index in [-0.39, 0.29) is 20.1 Å². The maximum atomic E-state index is 10.0. The van der Waals surface area contributed by atoms with E-state index < -0.39 is 8.07 Å². The molecule has 288 valence electrons. The molecule has 0 unspecified atom stereocenters. The molecule has 0 bridgehead atoms. The maximum Gasteiger partial charge on any atom is 3.00 e. The van der Waals surface area contributed by atoms with Gasteiger partial charge in [0.05, 0.1) is 32.5 Å². The van der Waals surface area contributed by atoms with Crippen LogP contribution in [-0.4, -0.2) is 37.4 Å². The first-order chi connectivity index (χ1) is 28.1. The second-order valence-corrected chi connectivity index (χ2v) is 19.0. The molecule has 0 aliphatic rings. The number of aromatic nitrogens is 6. The Morgan fingerprint density at radius 1 is 0.586 bits per heavy atom. The van der Waals surface area contributed by atoms with Gasteiger partial charge in [-0.1, -0.05) is 122 Å². The van der Waals surface area contributed by atoms with Crippen molar-refractivity contribution >= 4 is 18.9 Å². The molecule has 0 aliphatic carbocycles. The van der Waals surface area contributed by atoms with Crippen LogP contribution in [0.1, 0.15) is 59.9 Å². The normalized spacial score (nSPS) is 11.0. The summed E-state index contributed by atoms with van der Waals surface area (Å²) in [6.45, 7) is 7.96. The molecule has 0 aliphatic heterocycles. The number of hydrogen-bond acceptors (Lipinski definition) is 5. The van der Waals surface area contributed by atoms with Gasteiger partial charge in [-0.15, -0.1) is 29.3 Å². The molecule has 4 aromatic carbocycles. The van der Waals surface area contributed by atoms with Gasteiger partial charge in [-0.2, -0.15) is 67.8 Å². The Labute approximate surface area is 355 Å². The summed E-state index contributed by atoms with van der Waals surface area (Å²) in [7, 11) is -2.09. The van der Waals surface area contributed by atoms with Crippen LogP contribution in [0.15, 0.2) is 122 Å². The van der Waals surface area contributed by atoms with Gasteiger partial charge in [-0.05, 0) is 29.6 Å². The molecule has 0 saturated heterocycles. The summed E-state index contributed by atoms with van der Waals surface area (Å²) in [4.78, 5) is 3.90. The Balaban J connectivity index is 0.00000567. The molecule has 3 aromatic heterocycles. The average molecular weight is 953 g/mol. The van der Waals surface area contributed by atoms with E-state index in [0.29, 0.717) is 16.8 Å². The standard InChI is InChI=1S/C47H42N9Si.Ir/c1-50-47-35-45(56-29-12-26-53-56)23-20-40(47)15-9-32-57(46-16-3-2-4-17-46,30-7-5-13-38-18-21-43(33-41(38)36-48)54-27-10-24-51-54)31-8-6-14-39-19-22-44(34-42(39)37-49)55-28-11-25-52-55;/h2-4,10-12,16-20,24-29,33-35H,5-9,13-15,30-32H2;/q-3;+3. The largest absolute Gasteiger partial charge is 3.00 e. The molecule has 58 heavy (non-hydrogen) atoms. The number of nitriles is 2. The van der Waals surface area contributed by atoms with Crippen molar-refractivity contribution < 1.29 is 20.1 Å². The summed E-state index contributed by atoms with van der Waals surface area (Å²) in [5.74, 6) is 0. The number of aryl methyl sites for hydroxylation is 3. The molecule has 0 saturated carbocycles. The Morgan fingerprint density at radius 3 is 1.48 bits per heavy atom. The average Bonchev–Trinajstić information content (AvgIpc) is 4.10. The first-order valence-electron chi connectivity index (χ1n) is 19.5. The predicted molar refractivity (Wildman–Crippen MR) is 223 cm³/mol. The van der Waals surface area contributed by atoms with Gasteiger partial charge in [0.1, 0.15) is 0 Å². The van der Waals surface area contributed by atoms with E-state index >= 15 is 0 Å². The Morgan fingerprint density at radius 2 is 1.03 bits per heavy atom. The first-order valence-corrected chi connectivity index (χ1v) is 22.1. The topological polar surface area (TPSA) is 105 Å². The van der Waals surface area contributed by atoms with Crippen LogP contribution in [-0.2, 0) is 39.4 Å². The zero-order valence-electron chi connectivity index (χ0n) is 32.2. The maximum absolute atomic E-state index is 10.0. The molecule has 7 rings (SSSR count). The van der Waals surface area contributed by atoms with E-state index in [1.165, 1.54) is 5.19 Å². The Bertz CT molecular complexity index is 2390. The van der Waals surface area contributed by atoms with E-state index in [1.807, 2.05) is 73.2 Å². The van der Waals surface area contributed by atoms with Gasteiger partial charge in [-0.25, -0.2) is 0 Å². The second kappa shape index (κ2) is 20.3. The van der Waals surface area contributed by atoms with Crippen LogP contribution in [0.25, 0.3) is 21.9 Å². The number of nitrogens with zero attached hydrogens (tertiary/aromatic N) is 9. The molecule has 0 N–H and O–H groups in total. The van der Waals surface area contributed by atoms with Gasteiger partial charge in [0.2, 0.25) is 0 Å². The van der Waals surface area contributed by atoms with Crippen LogP contribution in [0.5, 0.6) is 0 Å². The quantitative estimate of drug-likeness (QED) is 0.0485. The van der Waals surface area contributed by atoms with Crippen LogP contribution in [0.3, 0.4) is 0 Å². The van der Waals surface area contributed by atoms with E-state index in [0.717, 1.165) is 103 Å². The van der Waals surface area contributed by atoms with Crippen LogP contribution >= 0.6 is 0 Å². The summed E-state index contributed by atoms with van der Waals surface area (Å²) in [5.41, 5.74) is 7.35. The second-order valence-electron chi connectivity index (χ2n) is 14.3. The minimum atomic E-state index is -2.09. The van der Waals surface area contributed by atoms with E-state index in [1.54, 1.807) is 32.6 Å². The van der Waals surface area contributed by atoms with Crippen molar-refractivity contribution in [2.45, 2.75) is 69.5 Å². The van der Waals surface area contributed by atoms with Crippen LogP contribution in [0.4, 0.5) is 5.69 Å². The van der Waals surface area contributed by atoms with Crippen LogP contribution in [0, 0.1) is 47.4 Å². The monoisotopic (exact) mass is 953 g/mol. The summed E-state index contributed by atoms with van der Waals surface area (Å²) in [5, 5.41) is 34.4. The summed E-state index contributed by atoms with van der Waals surface area (Å²) >= 11 is 0. The van der Waals surface area contributed by atoms with E-state index in [2.05, 4.69) is 80.8 Å². The van der Waals surface area contributed by atoms with E-state index in [4.69, 9.17) is 6.57 Å². The number of benzene rings is 4. The molecular formula is C47H42IrN9Si. The molecule has 0 fully saturated rings. The van der Waals surface area contributed by atoms with Gasteiger partial charge in [-0.3, -0.25) is 18.9 Å². The van der Waals surface area contributed by atoms with Crippen molar-refractivity contribution in [2.24, 2.45) is 0 Å². The molecule has 9 nitrogen and oxygen atoms in total. The third kappa shape index (κ3) is 10.0. The number of unbranched alkanes of at least 4 members (excludes halogenated alkanes) is 2. The summed E-state index contributed by atoms with van der Waals surface area (Å²) in [6.07, 6.45) is 18.2. The zero-order chi connectivity index (χ0) is 39.3. The summed E-state index contributed by atoms with van der Waals surface area (Å²) in [6, 6.07) is 46.4. The third-order valence-corrected chi connectivity index (χ3v) is 16.3. The van der Waals surface area contributed by atoms with Crippen molar-refractivity contribution in [1.82, 2.24) is 29.3 Å². The van der Waals surface area contributed by atoms with Crippen molar-refractivity contribution in [2.75, 3.05) is 0 Å². The van der Waals surface area contributed by atoms with Gasteiger partial charge in [0.25, 0.3) is 0 Å². The predicted octanol–water partition coefficient (Wildman–Crippen LogP) is 9.27. The molecule has 3 heterocycles. The van der Waals surface area contributed by atoms with Crippen molar-refractivity contribution in [3.05, 3.63) is 180 Å². The number of rotatable bonds is 18. The SMILES string of the molecule is [C-]#[N+]c1cc(-n2cccn2)[c-]cc1CCC[Si](CCCCc1c[c-]c(-n2cccn2)cc1C#N)(CCCCc1c[c-]c(-n2cccn2)cc1C#N)c1ccccc1.[Ir+3]. The fourth-order valence-corrected chi connectivity index (χ4v) is 13.1. The fraction of sp³-hybridized carbons (Fsp3) is 0.234. The number of hydrogen-bond donors (Lipinski definition) is 0. The van der Waals surface area contributed by atoms with Crippen LogP contribution < -0.4 is 5.19 Å². The summed E-state index contributed by atoms with van der Waals surface area (Å²) < 4.78 is 5.20. The van der Waals surface area contributed by atoms with Gasteiger partial charge in [0, 0.05) is 37.2 Å².